The number of carboxylic acid groups (broad SMARTS) is 1. The Morgan fingerprint density at radius 2 is 1.14 bits per heavy atom. The van der Waals surface area contributed by atoms with Crippen LogP contribution >= 0.6 is 46.4 Å². The molecule has 0 bridgehead atoms. The summed E-state index contributed by atoms with van der Waals surface area (Å²) in [7, 11) is 2.43. The van der Waals surface area contributed by atoms with Crippen molar-refractivity contribution in [1.82, 2.24) is 0 Å². The Kier molecular flexibility index (Phi) is 9.68. The van der Waals surface area contributed by atoms with Crippen LogP contribution in [-0.4, -0.2) is 42.3 Å². The predicted octanol–water partition coefficient (Wildman–Crippen LogP) is 4.75. The molecule has 29 heavy (non-hydrogen) atoms. The Morgan fingerprint density at radius 3 is 1.41 bits per heavy atom. The third-order valence-corrected chi connectivity index (χ3v) is 4.54. The first-order valence-corrected chi connectivity index (χ1v) is 9.06. The van der Waals surface area contributed by atoms with Gasteiger partial charge in [0.25, 0.3) is 0 Å². The largest absolute Gasteiger partial charge is 0.478 e. The van der Waals surface area contributed by atoms with Crippen LogP contribution in [0.3, 0.4) is 0 Å². The maximum absolute atomic E-state index is 11.2. The lowest BCUT2D eigenvalue weighted by Crippen LogP contribution is -2.05. The molecule has 2 aromatic rings. The lowest BCUT2D eigenvalue weighted by molar-refractivity contribution is 0.0592. The van der Waals surface area contributed by atoms with E-state index in [-0.39, 0.29) is 43.4 Å². The summed E-state index contributed by atoms with van der Waals surface area (Å²) in [5.74, 6) is -2.47. The van der Waals surface area contributed by atoms with Crippen molar-refractivity contribution in [2.45, 2.75) is 6.61 Å². The van der Waals surface area contributed by atoms with Gasteiger partial charge in [0.15, 0.2) is 0 Å². The minimum Gasteiger partial charge on any atom is -0.478 e. The third-order valence-electron chi connectivity index (χ3n) is 3.35. The fourth-order valence-electron chi connectivity index (χ4n) is 2.01. The lowest BCUT2D eigenvalue weighted by atomic mass is 10.1. The van der Waals surface area contributed by atoms with Gasteiger partial charge in [0, 0.05) is 0 Å². The molecule has 0 fully saturated rings. The molecule has 7 nitrogen and oxygen atoms in total. The standard InChI is InChI=1S/C9H6Cl2O4.C9H8Cl2O3/c1-15-9(14)7-5(10)2-4(8(12)13)3-6(7)11;1-14-9(13)8-6(10)2-5(4-12)3-7(8)11/h2-3H,1H3,(H,12,13);2-3,12H,4H2,1H3. The molecule has 0 unspecified atom stereocenters. The van der Waals surface area contributed by atoms with Crippen LogP contribution in [0.1, 0.15) is 36.6 Å². The van der Waals surface area contributed by atoms with Crippen LogP contribution in [-0.2, 0) is 16.1 Å². The van der Waals surface area contributed by atoms with E-state index in [9.17, 15) is 14.4 Å². The molecule has 2 N–H and O–H groups in total. The summed E-state index contributed by atoms with van der Waals surface area (Å²) in [6.07, 6.45) is 0. The summed E-state index contributed by atoms with van der Waals surface area (Å²) in [5, 5.41) is 17.8. The molecule has 0 heterocycles. The minimum atomic E-state index is -1.17. The maximum atomic E-state index is 11.2. The molecule has 0 aromatic heterocycles. The highest BCUT2D eigenvalue weighted by molar-refractivity contribution is 6.40. The van der Waals surface area contributed by atoms with Gasteiger partial charge in [-0.2, -0.15) is 0 Å². The van der Waals surface area contributed by atoms with Crippen LogP contribution in [0, 0.1) is 0 Å². The van der Waals surface area contributed by atoms with Crippen molar-refractivity contribution in [2.75, 3.05) is 14.2 Å². The number of esters is 2. The molecule has 0 saturated heterocycles. The zero-order valence-corrected chi connectivity index (χ0v) is 18.0. The molecule has 0 amide bonds. The highest BCUT2D eigenvalue weighted by Gasteiger charge is 2.18. The summed E-state index contributed by atoms with van der Waals surface area (Å²) in [6, 6.07) is 5.23. The quantitative estimate of drug-likeness (QED) is 0.603. The van der Waals surface area contributed by atoms with Crippen LogP contribution in [0.5, 0.6) is 0 Å². The van der Waals surface area contributed by atoms with Gasteiger partial charge in [0.05, 0.1) is 57.6 Å². The SMILES string of the molecule is COC(=O)c1c(Cl)cc(C(=O)O)cc1Cl.COC(=O)c1c(Cl)cc(CO)cc1Cl. The average molecular weight is 484 g/mol. The van der Waals surface area contributed by atoms with Gasteiger partial charge in [-0.15, -0.1) is 0 Å². The second-order valence-corrected chi connectivity index (χ2v) is 6.82. The van der Waals surface area contributed by atoms with E-state index in [0.29, 0.717) is 5.56 Å². The van der Waals surface area contributed by atoms with Gasteiger partial charge in [0.1, 0.15) is 0 Å². The van der Waals surface area contributed by atoms with Gasteiger partial charge in [-0.1, -0.05) is 46.4 Å². The summed E-state index contributed by atoms with van der Waals surface area (Å²) in [5.41, 5.74) is 0.546. The van der Waals surface area contributed by atoms with Crippen LogP contribution < -0.4 is 0 Å². The molecule has 0 saturated carbocycles. The number of carboxylic acids is 1. The molecular weight excluding hydrogens is 470 g/mol. The van der Waals surface area contributed by atoms with E-state index in [2.05, 4.69) is 9.47 Å². The molecule has 0 aliphatic rings. The monoisotopic (exact) mass is 482 g/mol. The molecule has 0 spiro atoms. The van der Waals surface area contributed by atoms with Crippen molar-refractivity contribution in [3.8, 4) is 0 Å². The fraction of sp³-hybridized carbons (Fsp3) is 0.167. The highest BCUT2D eigenvalue weighted by Crippen LogP contribution is 2.28. The Balaban J connectivity index is 0.000000291. The van der Waals surface area contributed by atoms with Crippen LogP contribution in [0.2, 0.25) is 20.1 Å². The summed E-state index contributed by atoms with van der Waals surface area (Å²) >= 11 is 23.0. The normalized spacial score (nSPS) is 9.90. The summed E-state index contributed by atoms with van der Waals surface area (Å²) < 4.78 is 8.94. The topological polar surface area (TPSA) is 110 Å². The number of aliphatic hydroxyl groups excluding tert-OH is 1. The number of aromatic carboxylic acids is 1. The number of aliphatic hydroxyl groups is 1. The van der Waals surface area contributed by atoms with Gasteiger partial charge in [-0.25, -0.2) is 14.4 Å². The first-order chi connectivity index (χ1) is 13.6. The zero-order chi connectivity index (χ0) is 22.3. The molecule has 2 aromatic carbocycles. The van der Waals surface area contributed by atoms with Gasteiger partial charge in [0.2, 0.25) is 0 Å². The first kappa shape index (κ1) is 25.0. The number of rotatable bonds is 4. The maximum Gasteiger partial charge on any atom is 0.340 e. The zero-order valence-electron chi connectivity index (χ0n) is 15.0. The van der Waals surface area contributed by atoms with E-state index in [1.54, 1.807) is 0 Å². The number of methoxy groups -OCH3 is 2. The van der Waals surface area contributed by atoms with Gasteiger partial charge in [-0.3, -0.25) is 0 Å². The number of carbonyl (C=O) groups excluding carboxylic acids is 2. The molecule has 0 aliphatic heterocycles. The first-order valence-electron chi connectivity index (χ1n) is 7.55. The summed E-state index contributed by atoms with van der Waals surface area (Å²) in [4.78, 5) is 33.0. The van der Waals surface area contributed by atoms with Crippen molar-refractivity contribution in [3.63, 3.8) is 0 Å². The molecule has 0 atom stereocenters. The minimum absolute atomic E-state index is 0.0363. The van der Waals surface area contributed by atoms with Gasteiger partial charge < -0.3 is 19.7 Å². The van der Waals surface area contributed by atoms with Crippen molar-refractivity contribution in [1.29, 1.82) is 0 Å². The van der Waals surface area contributed by atoms with E-state index in [1.807, 2.05) is 0 Å². The Hall–Kier alpha value is -2.03. The van der Waals surface area contributed by atoms with Crippen molar-refractivity contribution < 1.29 is 34.1 Å². The van der Waals surface area contributed by atoms with E-state index >= 15 is 0 Å². The van der Waals surface area contributed by atoms with Gasteiger partial charge >= 0.3 is 17.9 Å². The van der Waals surface area contributed by atoms with Crippen LogP contribution in [0.15, 0.2) is 24.3 Å². The lowest BCUT2D eigenvalue weighted by Gasteiger charge is -2.06. The van der Waals surface area contributed by atoms with Crippen molar-refractivity contribution in [2.24, 2.45) is 0 Å². The molecular formula is C18H14Cl4O7. The van der Waals surface area contributed by atoms with Gasteiger partial charge in [-0.05, 0) is 29.8 Å². The summed E-state index contributed by atoms with van der Waals surface area (Å²) in [6.45, 7) is -0.180. The van der Waals surface area contributed by atoms with E-state index in [0.717, 1.165) is 12.1 Å². The van der Waals surface area contributed by atoms with Crippen molar-refractivity contribution >= 4 is 64.3 Å². The van der Waals surface area contributed by atoms with E-state index in [1.165, 1.54) is 26.4 Å². The number of hydrogen-bond acceptors (Lipinski definition) is 6. The number of ether oxygens (including phenoxy) is 2. The average Bonchev–Trinajstić information content (AvgIpc) is 2.66. The fourth-order valence-corrected chi connectivity index (χ4v) is 3.34. The Morgan fingerprint density at radius 1 is 0.793 bits per heavy atom. The Bertz CT molecular complexity index is 898. The van der Waals surface area contributed by atoms with E-state index < -0.39 is 17.9 Å². The highest BCUT2D eigenvalue weighted by atomic mass is 35.5. The second kappa shape index (κ2) is 11.2. The smallest absolute Gasteiger partial charge is 0.340 e. The van der Waals surface area contributed by atoms with Crippen LogP contribution in [0.25, 0.3) is 0 Å². The molecule has 2 rings (SSSR count). The number of halogens is 4. The molecule has 0 radical (unpaired) electrons. The number of hydrogen-bond donors (Lipinski definition) is 2. The third kappa shape index (κ3) is 6.48. The van der Waals surface area contributed by atoms with E-state index in [4.69, 9.17) is 56.6 Å². The predicted molar refractivity (Wildman–Crippen MR) is 108 cm³/mol. The Labute approximate surface area is 185 Å². The van der Waals surface area contributed by atoms with Crippen molar-refractivity contribution in [3.05, 3.63) is 66.6 Å². The number of benzene rings is 2. The molecule has 156 valence electrons. The number of carbonyl (C=O) groups is 3. The van der Waals surface area contributed by atoms with Crippen LogP contribution in [0.4, 0.5) is 0 Å². The second-order valence-electron chi connectivity index (χ2n) is 5.20. The molecule has 0 aliphatic carbocycles. The molecule has 11 heteroatoms.